The largest absolute Gasteiger partial charge is 0.357 e. The molecule has 1 aliphatic heterocycles. The van der Waals surface area contributed by atoms with Gasteiger partial charge in [-0.2, -0.15) is 5.10 Å². The fourth-order valence-corrected chi connectivity index (χ4v) is 3.69. The molecule has 120 valence electrons. The second kappa shape index (κ2) is 6.82. The van der Waals surface area contributed by atoms with Crippen molar-refractivity contribution in [3.63, 3.8) is 0 Å². The number of hydrogen-bond acceptors (Lipinski definition) is 3. The molecule has 0 aromatic carbocycles. The van der Waals surface area contributed by atoms with Crippen molar-refractivity contribution >= 4 is 5.82 Å². The Morgan fingerprint density at radius 3 is 2.29 bits per heavy atom. The van der Waals surface area contributed by atoms with Gasteiger partial charge >= 0.3 is 0 Å². The summed E-state index contributed by atoms with van der Waals surface area (Å²) in [5, 5.41) is 8.11. The van der Waals surface area contributed by atoms with E-state index in [2.05, 4.69) is 54.7 Å². The molecule has 0 saturated carbocycles. The van der Waals surface area contributed by atoms with E-state index >= 15 is 0 Å². The third kappa shape index (κ3) is 3.25. The van der Waals surface area contributed by atoms with Gasteiger partial charge in [-0.3, -0.25) is 4.68 Å². The van der Waals surface area contributed by atoms with Gasteiger partial charge in [-0.1, -0.05) is 33.6 Å². The minimum absolute atomic E-state index is 0.575. The second-order valence-electron chi connectivity index (χ2n) is 6.49. The average Bonchev–Trinajstić information content (AvgIpc) is 2.79. The minimum atomic E-state index is 0.575. The molecule has 0 unspecified atom stereocenters. The van der Waals surface area contributed by atoms with Crippen molar-refractivity contribution in [3.8, 4) is 0 Å². The lowest BCUT2D eigenvalue weighted by atomic mass is 9.74. The zero-order valence-corrected chi connectivity index (χ0v) is 14.5. The molecule has 0 amide bonds. The molecule has 0 bridgehead atoms. The SMILES string of the molecule is CCNCc1c(C)nn(C)c1N1CCC(CC)(CC)CC1. The van der Waals surface area contributed by atoms with Gasteiger partial charge in [-0.15, -0.1) is 0 Å². The van der Waals surface area contributed by atoms with Crippen LogP contribution in [-0.4, -0.2) is 29.4 Å². The highest BCUT2D eigenvalue weighted by Gasteiger charge is 2.33. The smallest absolute Gasteiger partial charge is 0.131 e. The van der Waals surface area contributed by atoms with Crippen molar-refractivity contribution in [1.29, 1.82) is 0 Å². The predicted molar refractivity (Wildman–Crippen MR) is 89.8 cm³/mol. The molecule has 0 radical (unpaired) electrons. The molecular weight excluding hydrogens is 260 g/mol. The lowest BCUT2D eigenvalue weighted by Crippen LogP contribution is -2.41. The second-order valence-corrected chi connectivity index (χ2v) is 6.49. The fourth-order valence-electron chi connectivity index (χ4n) is 3.69. The van der Waals surface area contributed by atoms with Gasteiger partial charge < -0.3 is 10.2 Å². The van der Waals surface area contributed by atoms with Gasteiger partial charge in [0.15, 0.2) is 0 Å². The van der Waals surface area contributed by atoms with Crippen LogP contribution < -0.4 is 10.2 Å². The molecule has 0 aliphatic carbocycles. The van der Waals surface area contributed by atoms with Crippen LogP contribution in [0.25, 0.3) is 0 Å². The van der Waals surface area contributed by atoms with Gasteiger partial charge in [0.2, 0.25) is 0 Å². The highest BCUT2D eigenvalue weighted by atomic mass is 15.4. The summed E-state index contributed by atoms with van der Waals surface area (Å²) < 4.78 is 2.08. The van der Waals surface area contributed by atoms with Gasteiger partial charge in [-0.05, 0) is 31.7 Å². The van der Waals surface area contributed by atoms with Crippen molar-refractivity contribution in [2.45, 2.75) is 59.9 Å². The Bertz CT molecular complexity index is 450. The molecule has 1 saturated heterocycles. The number of nitrogens with one attached hydrogen (secondary N) is 1. The van der Waals surface area contributed by atoms with Crippen LogP contribution in [0, 0.1) is 12.3 Å². The van der Waals surface area contributed by atoms with E-state index in [4.69, 9.17) is 0 Å². The van der Waals surface area contributed by atoms with E-state index in [0.717, 1.165) is 18.8 Å². The highest BCUT2D eigenvalue weighted by Crippen LogP contribution is 2.39. The molecule has 1 aliphatic rings. The maximum atomic E-state index is 4.65. The Hall–Kier alpha value is -1.03. The summed E-state index contributed by atoms with van der Waals surface area (Å²) in [4.78, 5) is 2.55. The zero-order chi connectivity index (χ0) is 15.5. The minimum Gasteiger partial charge on any atom is -0.357 e. The molecule has 4 nitrogen and oxygen atoms in total. The molecule has 1 aromatic rings. The van der Waals surface area contributed by atoms with E-state index in [1.165, 1.54) is 50.2 Å². The van der Waals surface area contributed by atoms with Gasteiger partial charge in [0, 0.05) is 32.2 Å². The Kier molecular flexibility index (Phi) is 5.31. The molecule has 4 heteroatoms. The Morgan fingerprint density at radius 2 is 1.76 bits per heavy atom. The predicted octanol–water partition coefficient (Wildman–Crippen LogP) is 3.24. The van der Waals surface area contributed by atoms with Gasteiger partial charge in [-0.25, -0.2) is 0 Å². The number of hydrogen-bond donors (Lipinski definition) is 1. The number of rotatable bonds is 6. The summed E-state index contributed by atoms with van der Waals surface area (Å²) in [6, 6.07) is 0. The van der Waals surface area contributed by atoms with Crippen LogP contribution >= 0.6 is 0 Å². The monoisotopic (exact) mass is 292 g/mol. The van der Waals surface area contributed by atoms with E-state index in [-0.39, 0.29) is 0 Å². The van der Waals surface area contributed by atoms with Crippen molar-refractivity contribution in [2.75, 3.05) is 24.5 Å². The van der Waals surface area contributed by atoms with E-state index in [0.29, 0.717) is 5.41 Å². The highest BCUT2D eigenvalue weighted by molar-refractivity contribution is 5.50. The molecule has 0 atom stereocenters. The summed E-state index contributed by atoms with van der Waals surface area (Å²) >= 11 is 0. The number of piperidine rings is 1. The van der Waals surface area contributed by atoms with Crippen molar-refractivity contribution in [1.82, 2.24) is 15.1 Å². The molecule has 2 rings (SSSR count). The van der Waals surface area contributed by atoms with Crippen LogP contribution in [0.15, 0.2) is 0 Å². The first-order chi connectivity index (χ1) is 10.1. The van der Waals surface area contributed by atoms with Crippen molar-refractivity contribution in [2.24, 2.45) is 12.5 Å². The lowest BCUT2D eigenvalue weighted by molar-refractivity contribution is 0.198. The average molecular weight is 292 g/mol. The van der Waals surface area contributed by atoms with Crippen LogP contribution in [-0.2, 0) is 13.6 Å². The van der Waals surface area contributed by atoms with Gasteiger partial charge in [0.25, 0.3) is 0 Å². The zero-order valence-electron chi connectivity index (χ0n) is 14.5. The normalized spacial score (nSPS) is 18.2. The van der Waals surface area contributed by atoms with Gasteiger partial charge in [0.05, 0.1) is 5.69 Å². The molecule has 0 spiro atoms. The standard InChI is InChI=1S/C17H32N4/c1-6-17(7-2)9-11-21(12-10-17)16-15(13-18-8-3)14(4)19-20(16)5/h18H,6-13H2,1-5H3. The first-order valence-corrected chi connectivity index (χ1v) is 8.55. The molecule has 1 fully saturated rings. The maximum absolute atomic E-state index is 4.65. The molecule has 1 N–H and O–H groups in total. The number of aryl methyl sites for hydroxylation is 2. The third-order valence-electron chi connectivity index (χ3n) is 5.49. The Morgan fingerprint density at radius 1 is 1.14 bits per heavy atom. The summed E-state index contributed by atoms with van der Waals surface area (Å²) in [5.74, 6) is 1.33. The first kappa shape index (κ1) is 16.3. The van der Waals surface area contributed by atoms with E-state index in [1.807, 2.05) is 0 Å². The number of nitrogens with zero attached hydrogens (tertiary/aromatic N) is 3. The number of aromatic nitrogens is 2. The Labute approximate surface area is 129 Å². The van der Waals surface area contributed by atoms with Crippen molar-refractivity contribution < 1.29 is 0 Å². The topological polar surface area (TPSA) is 33.1 Å². The van der Waals surface area contributed by atoms with Crippen LogP contribution in [0.4, 0.5) is 5.82 Å². The van der Waals surface area contributed by atoms with Crippen LogP contribution in [0.2, 0.25) is 0 Å². The van der Waals surface area contributed by atoms with E-state index in [9.17, 15) is 0 Å². The number of anilines is 1. The van der Waals surface area contributed by atoms with E-state index < -0.39 is 0 Å². The van der Waals surface area contributed by atoms with Crippen LogP contribution in [0.1, 0.15) is 57.7 Å². The first-order valence-electron chi connectivity index (χ1n) is 8.55. The van der Waals surface area contributed by atoms with Crippen molar-refractivity contribution in [3.05, 3.63) is 11.3 Å². The quantitative estimate of drug-likeness (QED) is 0.874. The van der Waals surface area contributed by atoms with E-state index in [1.54, 1.807) is 0 Å². The van der Waals surface area contributed by atoms with Crippen LogP contribution in [0.5, 0.6) is 0 Å². The summed E-state index contributed by atoms with van der Waals surface area (Å²) in [5.41, 5.74) is 3.11. The van der Waals surface area contributed by atoms with Gasteiger partial charge in [0.1, 0.15) is 5.82 Å². The lowest BCUT2D eigenvalue weighted by Gasteiger charge is -2.42. The molecule has 1 aromatic heterocycles. The molecular formula is C17H32N4. The molecule has 2 heterocycles. The summed E-state index contributed by atoms with van der Waals surface area (Å²) in [6.45, 7) is 13.2. The fraction of sp³-hybridized carbons (Fsp3) is 0.824. The molecule has 21 heavy (non-hydrogen) atoms. The Balaban J connectivity index is 2.16. The summed E-state index contributed by atoms with van der Waals surface area (Å²) in [7, 11) is 2.08. The maximum Gasteiger partial charge on any atom is 0.131 e. The third-order valence-corrected chi connectivity index (χ3v) is 5.49. The summed E-state index contributed by atoms with van der Waals surface area (Å²) in [6.07, 6.45) is 5.24. The van der Waals surface area contributed by atoms with Crippen LogP contribution in [0.3, 0.4) is 0 Å².